The van der Waals surface area contributed by atoms with Gasteiger partial charge in [-0.25, -0.2) is 4.98 Å². The minimum Gasteiger partial charge on any atom is -0.497 e. The summed E-state index contributed by atoms with van der Waals surface area (Å²) in [4.78, 5) is 16.8. The van der Waals surface area contributed by atoms with Crippen LogP contribution in [-0.4, -0.2) is 53.1 Å². The third-order valence-corrected chi connectivity index (χ3v) is 4.29. The number of aromatic amines is 1. The summed E-state index contributed by atoms with van der Waals surface area (Å²) in [5, 5.41) is 9.78. The molecule has 0 aliphatic rings. The molecular weight excluding hydrogens is 394 g/mol. The number of carbonyl (C=O) groups excluding carboxylic acids is 1. The highest BCUT2D eigenvalue weighted by molar-refractivity contribution is 7.71. The van der Waals surface area contributed by atoms with Gasteiger partial charge in [0.05, 0.1) is 13.7 Å². The van der Waals surface area contributed by atoms with Crippen LogP contribution in [0, 0.1) is 4.77 Å². The topological polar surface area (TPSA) is 103 Å². The van der Waals surface area contributed by atoms with E-state index in [-0.39, 0.29) is 12.5 Å². The summed E-state index contributed by atoms with van der Waals surface area (Å²) in [6, 6.07) is 10.8. The first kappa shape index (κ1) is 20.5. The highest BCUT2D eigenvalue weighted by Crippen LogP contribution is 2.22. The quantitative estimate of drug-likeness (QED) is 0.409. The standard InChI is InChI=1S/C19H21N5O4S/c1-26-10-11-28-18-15(4-3-9-20-18)21-16(25)12-24-17(22-23-19(24)29)13-5-7-14(27-2)8-6-13/h3-9H,10-12H2,1-2H3,(H,21,25)(H,23,29). The Bertz CT molecular complexity index is 1020. The molecule has 2 heterocycles. The molecule has 10 heteroatoms. The first-order valence-corrected chi connectivity index (χ1v) is 9.19. The molecule has 0 saturated heterocycles. The predicted molar refractivity (Wildman–Crippen MR) is 110 cm³/mol. The number of carbonyl (C=O) groups is 1. The lowest BCUT2D eigenvalue weighted by molar-refractivity contribution is -0.116. The highest BCUT2D eigenvalue weighted by Gasteiger charge is 2.14. The fourth-order valence-electron chi connectivity index (χ4n) is 2.58. The Morgan fingerprint density at radius 3 is 2.72 bits per heavy atom. The van der Waals surface area contributed by atoms with Crippen molar-refractivity contribution >= 4 is 23.8 Å². The summed E-state index contributed by atoms with van der Waals surface area (Å²) < 4.78 is 17.6. The van der Waals surface area contributed by atoms with E-state index in [4.69, 9.17) is 26.4 Å². The Morgan fingerprint density at radius 1 is 1.21 bits per heavy atom. The van der Waals surface area contributed by atoms with Crippen LogP contribution in [0.2, 0.25) is 0 Å². The van der Waals surface area contributed by atoms with E-state index < -0.39 is 0 Å². The molecule has 0 atom stereocenters. The summed E-state index contributed by atoms with van der Waals surface area (Å²) in [5.74, 6) is 1.31. The summed E-state index contributed by atoms with van der Waals surface area (Å²) in [7, 11) is 3.18. The molecule has 3 rings (SSSR count). The van der Waals surface area contributed by atoms with Crippen molar-refractivity contribution in [2.24, 2.45) is 0 Å². The number of pyridine rings is 1. The van der Waals surface area contributed by atoms with E-state index in [1.54, 1.807) is 37.1 Å². The van der Waals surface area contributed by atoms with Crippen molar-refractivity contribution in [3.63, 3.8) is 0 Å². The molecule has 0 unspecified atom stereocenters. The average molecular weight is 415 g/mol. The lowest BCUT2D eigenvalue weighted by Crippen LogP contribution is -2.20. The van der Waals surface area contributed by atoms with Crippen molar-refractivity contribution in [3.8, 4) is 23.0 Å². The molecule has 0 radical (unpaired) electrons. The molecule has 29 heavy (non-hydrogen) atoms. The summed E-state index contributed by atoms with van der Waals surface area (Å²) in [5.41, 5.74) is 1.27. The molecule has 1 amide bonds. The minimum absolute atomic E-state index is 0.0247. The van der Waals surface area contributed by atoms with Gasteiger partial charge >= 0.3 is 0 Å². The van der Waals surface area contributed by atoms with Crippen molar-refractivity contribution in [2.45, 2.75) is 6.54 Å². The molecule has 0 bridgehead atoms. The first-order valence-electron chi connectivity index (χ1n) is 8.78. The van der Waals surface area contributed by atoms with Crippen LogP contribution in [0.25, 0.3) is 11.4 Å². The van der Waals surface area contributed by atoms with Gasteiger partial charge in [-0.15, -0.1) is 0 Å². The van der Waals surface area contributed by atoms with Gasteiger partial charge < -0.3 is 19.5 Å². The molecule has 152 valence electrons. The van der Waals surface area contributed by atoms with E-state index in [2.05, 4.69) is 20.5 Å². The zero-order valence-electron chi connectivity index (χ0n) is 16.0. The first-order chi connectivity index (χ1) is 14.1. The second-order valence-electron chi connectivity index (χ2n) is 5.91. The summed E-state index contributed by atoms with van der Waals surface area (Å²) in [6.07, 6.45) is 1.59. The van der Waals surface area contributed by atoms with Crippen LogP contribution in [0.4, 0.5) is 5.69 Å². The van der Waals surface area contributed by atoms with Crippen molar-refractivity contribution in [3.05, 3.63) is 47.4 Å². The number of ether oxygens (including phenoxy) is 3. The summed E-state index contributed by atoms with van der Waals surface area (Å²) >= 11 is 5.29. The zero-order valence-corrected chi connectivity index (χ0v) is 16.9. The fourth-order valence-corrected chi connectivity index (χ4v) is 2.78. The Hall–Kier alpha value is -3.24. The molecule has 0 spiro atoms. The number of anilines is 1. The monoisotopic (exact) mass is 415 g/mol. The maximum absolute atomic E-state index is 12.7. The lowest BCUT2D eigenvalue weighted by Gasteiger charge is -2.12. The molecule has 2 N–H and O–H groups in total. The number of nitrogens with zero attached hydrogens (tertiary/aromatic N) is 3. The molecule has 0 aliphatic heterocycles. The molecule has 3 aromatic rings. The maximum atomic E-state index is 12.7. The molecule has 0 saturated carbocycles. The van der Waals surface area contributed by atoms with Gasteiger partial charge in [0.25, 0.3) is 0 Å². The number of nitrogens with one attached hydrogen (secondary N) is 2. The van der Waals surface area contributed by atoms with Crippen molar-refractivity contribution in [1.29, 1.82) is 0 Å². The van der Waals surface area contributed by atoms with Crippen molar-refractivity contribution in [2.75, 3.05) is 32.8 Å². The second-order valence-corrected chi connectivity index (χ2v) is 6.30. The highest BCUT2D eigenvalue weighted by atomic mass is 32.1. The van der Waals surface area contributed by atoms with Gasteiger partial charge in [0.1, 0.15) is 24.6 Å². The van der Waals surface area contributed by atoms with Crippen LogP contribution in [0.1, 0.15) is 0 Å². The normalized spacial score (nSPS) is 10.6. The predicted octanol–water partition coefficient (Wildman–Crippen LogP) is 2.68. The number of benzene rings is 1. The van der Waals surface area contributed by atoms with Crippen LogP contribution < -0.4 is 14.8 Å². The Kier molecular flexibility index (Phi) is 6.93. The SMILES string of the molecule is COCCOc1ncccc1NC(=O)Cn1c(-c2ccc(OC)cc2)n[nH]c1=S. The summed E-state index contributed by atoms with van der Waals surface area (Å²) in [6.45, 7) is 0.716. The minimum atomic E-state index is -0.290. The van der Waals surface area contributed by atoms with E-state index in [1.165, 1.54) is 0 Å². The third kappa shape index (κ3) is 5.18. The fraction of sp³-hybridized carbons (Fsp3) is 0.263. The van der Waals surface area contributed by atoms with Crippen LogP contribution in [0.5, 0.6) is 11.6 Å². The zero-order chi connectivity index (χ0) is 20.6. The number of aromatic nitrogens is 4. The lowest BCUT2D eigenvalue weighted by atomic mass is 10.2. The largest absolute Gasteiger partial charge is 0.497 e. The smallest absolute Gasteiger partial charge is 0.244 e. The van der Waals surface area contributed by atoms with Crippen molar-refractivity contribution in [1.82, 2.24) is 19.7 Å². The van der Waals surface area contributed by atoms with Crippen LogP contribution in [0.3, 0.4) is 0 Å². The number of amides is 1. The van der Waals surface area contributed by atoms with Gasteiger partial charge in [-0.2, -0.15) is 5.10 Å². The van der Waals surface area contributed by atoms with Gasteiger partial charge in [0, 0.05) is 18.9 Å². The maximum Gasteiger partial charge on any atom is 0.244 e. The van der Waals surface area contributed by atoms with Crippen molar-refractivity contribution < 1.29 is 19.0 Å². The van der Waals surface area contributed by atoms with Crippen LogP contribution in [-0.2, 0) is 16.1 Å². The van der Waals surface area contributed by atoms with Gasteiger partial charge in [-0.05, 0) is 48.6 Å². The van der Waals surface area contributed by atoms with Gasteiger partial charge in [0.15, 0.2) is 10.6 Å². The van der Waals surface area contributed by atoms with E-state index >= 15 is 0 Å². The third-order valence-electron chi connectivity index (χ3n) is 3.98. The van der Waals surface area contributed by atoms with Gasteiger partial charge in [0.2, 0.25) is 11.8 Å². The average Bonchev–Trinajstić information content (AvgIpc) is 3.09. The van der Waals surface area contributed by atoms with Crippen LogP contribution in [0.15, 0.2) is 42.6 Å². The van der Waals surface area contributed by atoms with E-state index in [0.717, 1.165) is 11.3 Å². The molecule has 2 aromatic heterocycles. The Balaban J connectivity index is 1.75. The Labute approximate surface area is 172 Å². The number of methoxy groups -OCH3 is 2. The molecule has 0 aliphatic carbocycles. The van der Waals surface area contributed by atoms with E-state index in [0.29, 0.717) is 35.4 Å². The Morgan fingerprint density at radius 2 is 2.00 bits per heavy atom. The molecule has 1 aromatic carbocycles. The molecule has 9 nitrogen and oxygen atoms in total. The van der Waals surface area contributed by atoms with Gasteiger partial charge in [-0.3, -0.25) is 14.5 Å². The molecular formula is C19H21N5O4S. The number of hydrogen-bond donors (Lipinski definition) is 2. The number of H-pyrrole nitrogens is 1. The number of hydrogen-bond acceptors (Lipinski definition) is 7. The molecule has 0 fully saturated rings. The van der Waals surface area contributed by atoms with Gasteiger partial charge in [-0.1, -0.05) is 0 Å². The second kappa shape index (κ2) is 9.80. The van der Waals surface area contributed by atoms with Crippen LogP contribution >= 0.6 is 12.2 Å². The number of rotatable bonds is 9. The van der Waals surface area contributed by atoms with E-state index in [1.807, 2.05) is 24.3 Å². The van der Waals surface area contributed by atoms with E-state index in [9.17, 15) is 4.79 Å².